The number of thioether (sulfide) groups is 1. The van der Waals surface area contributed by atoms with Gasteiger partial charge in [0.2, 0.25) is 10.0 Å². The first-order valence-corrected chi connectivity index (χ1v) is 11.9. The van der Waals surface area contributed by atoms with E-state index in [0.717, 1.165) is 0 Å². The molecule has 29 heavy (non-hydrogen) atoms. The first kappa shape index (κ1) is 23.3. The number of esters is 1. The molecule has 11 heteroatoms. The third-order valence-corrected chi connectivity index (χ3v) is 7.17. The molecule has 0 bridgehead atoms. The predicted molar refractivity (Wildman–Crippen MR) is 111 cm³/mol. The summed E-state index contributed by atoms with van der Waals surface area (Å²) < 4.78 is 36.7. The molecule has 0 unspecified atom stereocenters. The lowest BCUT2D eigenvalue weighted by Crippen LogP contribution is -2.55. The van der Waals surface area contributed by atoms with E-state index in [0.29, 0.717) is 17.9 Å². The van der Waals surface area contributed by atoms with Gasteiger partial charge in [0.05, 0.1) is 19.1 Å². The van der Waals surface area contributed by atoms with Crippen LogP contribution >= 0.6 is 11.8 Å². The molecule has 1 aliphatic rings. The number of carbonyl (C=O) groups is 2. The van der Waals surface area contributed by atoms with E-state index < -0.39 is 28.1 Å². The summed E-state index contributed by atoms with van der Waals surface area (Å²) in [6, 6.07) is 5.07. The maximum Gasteiger partial charge on any atom is 0.328 e. The number of rotatable bonds is 8. The van der Waals surface area contributed by atoms with Gasteiger partial charge in [0.25, 0.3) is 0 Å². The van der Waals surface area contributed by atoms with Gasteiger partial charge < -0.3 is 19.7 Å². The lowest BCUT2D eigenvalue weighted by Gasteiger charge is -2.34. The third-order valence-electron chi connectivity index (χ3n) is 4.62. The average Bonchev–Trinajstić information content (AvgIpc) is 2.76. The molecule has 2 amide bonds. The number of hydrogen-bond donors (Lipinski definition) is 1. The van der Waals surface area contributed by atoms with Crippen LogP contribution in [0.15, 0.2) is 29.2 Å². The second-order valence-corrected chi connectivity index (χ2v) is 9.30. The fourth-order valence-electron chi connectivity index (χ4n) is 2.90. The lowest BCUT2D eigenvalue weighted by molar-refractivity contribution is -0.142. The quantitative estimate of drug-likeness (QED) is 0.595. The van der Waals surface area contributed by atoms with Crippen LogP contribution in [0, 0.1) is 0 Å². The number of methoxy groups -OCH3 is 2. The van der Waals surface area contributed by atoms with Crippen LogP contribution in [0.25, 0.3) is 0 Å². The Labute approximate surface area is 175 Å². The van der Waals surface area contributed by atoms with Crippen molar-refractivity contribution in [1.82, 2.24) is 14.5 Å². The molecule has 1 aromatic carbocycles. The van der Waals surface area contributed by atoms with E-state index in [1.54, 1.807) is 23.9 Å². The Morgan fingerprint density at radius 2 is 1.76 bits per heavy atom. The standard InChI is InChI=1S/C18H27N3O6S2/c1-26-14-4-6-15(7-5-14)29(24,25)21-11-9-20(10-12-21)18(23)19-16(8-13-28-3)17(22)27-2/h4-7,16H,8-13H2,1-3H3,(H,19,23)/t16-/m0/s1. The molecule has 1 N–H and O–H groups in total. The smallest absolute Gasteiger partial charge is 0.328 e. The molecule has 1 saturated heterocycles. The number of ether oxygens (including phenoxy) is 2. The zero-order chi connectivity index (χ0) is 21.4. The highest BCUT2D eigenvalue weighted by Crippen LogP contribution is 2.20. The van der Waals surface area contributed by atoms with Gasteiger partial charge in [-0.15, -0.1) is 0 Å². The summed E-state index contributed by atoms with van der Waals surface area (Å²) in [5, 5.41) is 2.69. The van der Waals surface area contributed by atoms with Crippen LogP contribution in [0.2, 0.25) is 0 Å². The highest BCUT2D eigenvalue weighted by Gasteiger charge is 2.31. The first-order valence-electron chi connectivity index (χ1n) is 9.10. The molecule has 9 nitrogen and oxygen atoms in total. The van der Waals surface area contributed by atoms with E-state index in [9.17, 15) is 18.0 Å². The number of urea groups is 1. The average molecular weight is 446 g/mol. The van der Waals surface area contributed by atoms with Crippen LogP contribution in [-0.2, 0) is 19.6 Å². The predicted octanol–water partition coefficient (Wildman–Crippen LogP) is 1.01. The summed E-state index contributed by atoms with van der Waals surface area (Å²) in [7, 11) is -0.851. The fraction of sp³-hybridized carbons (Fsp3) is 0.556. The van der Waals surface area contributed by atoms with Crippen molar-refractivity contribution in [3.8, 4) is 5.75 Å². The van der Waals surface area contributed by atoms with Crippen molar-refractivity contribution < 1.29 is 27.5 Å². The minimum absolute atomic E-state index is 0.176. The van der Waals surface area contributed by atoms with Crippen LogP contribution in [0.3, 0.4) is 0 Å². The number of benzene rings is 1. The molecule has 0 saturated carbocycles. The zero-order valence-corrected chi connectivity index (χ0v) is 18.4. The van der Waals surface area contributed by atoms with Gasteiger partial charge in [-0.1, -0.05) is 0 Å². The largest absolute Gasteiger partial charge is 0.497 e. The molecular weight excluding hydrogens is 418 g/mol. The van der Waals surface area contributed by atoms with Gasteiger partial charge in [-0.05, 0) is 42.7 Å². The summed E-state index contributed by atoms with van der Waals surface area (Å²) in [6.45, 7) is 0.820. The summed E-state index contributed by atoms with van der Waals surface area (Å²) in [5.74, 6) is 0.786. The molecule has 0 aromatic heterocycles. The molecule has 0 spiro atoms. The Kier molecular flexibility index (Phi) is 8.60. The first-order chi connectivity index (χ1) is 13.8. The van der Waals surface area contributed by atoms with Gasteiger partial charge in [0.1, 0.15) is 11.8 Å². The van der Waals surface area contributed by atoms with E-state index in [1.165, 1.54) is 35.6 Å². The van der Waals surface area contributed by atoms with E-state index in [-0.39, 0.29) is 31.1 Å². The van der Waals surface area contributed by atoms with Gasteiger partial charge in [-0.3, -0.25) is 0 Å². The fourth-order valence-corrected chi connectivity index (χ4v) is 4.79. The molecule has 0 radical (unpaired) electrons. The normalized spacial score (nSPS) is 16.2. The Balaban J connectivity index is 1.96. The van der Waals surface area contributed by atoms with Gasteiger partial charge >= 0.3 is 12.0 Å². The summed E-state index contributed by atoms with van der Waals surface area (Å²) in [4.78, 5) is 26.1. The van der Waals surface area contributed by atoms with Crippen molar-refractivity contribution in [1.29, 1.82) is 0 Å². The number of sulfonamides is 1. The van der Waals surface area contributed by atoms with Crippen molar-refractivity contribution in [2.24, 2.45) is 0 Å². The van der Waals surface area contributed by atoms with Crippen LogP contribution < -0.4 is 10.1 Å². The molecule has 1 heterocycles. The lowest BCUT2D eigenvalue weighted by atomic mass is 10.2. The van der Waals surface area contributed by atoms with Crippen molar-refractivity contribution in [2.75, 3.05) is 52.4 Å². The van der Waals surface area contributed by atoms with Crippen LogP contribution in [-0.4, -0.2) is 88.1 Å². The molecular formula is C18H27N3O6S2. The van der Waals surface area contributed by atoms with Crippen LogP contribution in [0.1, 0.15) is 6.42 Å². The molecule has 1 aliphatic heterocycles. The number of nitrogens with one attached hydrogen (secondary N) is 1. The summed E-state index contributed by atoms with van der Waals surface area (Å²) in [5.41, 5.74) is 0. The Hall–Kier alpha value is -1.98. The van der Waals surface area contributed by atoms with E-state index in [2.05, 4.69) is 5.32 Å². The molecule has 2 rings (SSSR count). The van der Waals surface area contributed by atoms with E-state index in [4.69, 9.17) is 9.47 Å². The number of carbonyl (C=O) groups excluding carboxylic acids is 2. The monoisotopic (exact) mass is 445 g/mol. The second kappa shape index (κ2) is 10.7. The Morgan fingerprint density at radius 1 is 1.14 bits per heavy atom. The van der Waals surface area contributed by atoms with Crippen LogP contribution in [0.5, 0.6) is 5.75 Å². The van der Waals surface area contributed by atoms with Gasteiger partial charge in [-0.25, -0.2) is 18.0 Å². The molecule has 162 valence electrons. The number of nitrogens with zero attached hydrogens (tertiary/aromatic N) is 2. The molecule has 1 aromatic rings. The number of hydrogen-bond acceptors (Lipinski definition) is 7. The molecule has 1 fully saturated rings. The second-order valence-electron chi connectivity index (χ2n) is 6.37. The zero-order valence-electron chi connectivity index (χ0n) is 16.8. The van der Waals surface area contributed by atoms with Crippen LogP contribution in [0.4, 0.5) is 4.79 Å². The van der Waals surface area contributed by atoms with E-state index in [1.807, 2.05) is 6.26 Å². The minimum Gasteiger partial charge on any atom is -0.497 e. The van der Waals surface area contributed by atoms with E-state index >= 15 is 0 Å². The highest BCUT2D eigenvalue weighted by molar-refractivity contribution is 7.98. The minimum atomic E-state index is -3.65. The van der Waals surface area contributed by atoms with Gasteiger partial charge in [0, 0.05) is 26.2 Å². The molecule has 0 aliphatic carbocycles. The third kappa shape index (κ3) is 6.00. The maximum absolute atomic E-state index is 12.8. The van der Waals surface area contributed by atoms with Crippen molar-refractivity contribution >= 4 is 33.8 Å². The highest BCUT2D eigenvalue weighted by atomic mass is 32.2. The maximum atomic E-state index is 12.8. The van der Waals surface area contributed by atoms with Gasteiger partial charge in [-0.2, -0.15) is 16.1 Å². The topological polar surface area (TPSA) is 105 Å². The van der Waals surface area contributed by atoms with Crippen molar-refractivity contribution in [3.05, 3.63) is 24.3 Å². The number of amides is 2. The van der Waals surface area contributed by atoms with Crippen molar-refractivity contribution in [3.63, 3.8) is 0 Å². The Bertz CT molecular complexity index is 792. The van der Waals surface area contributed by atoms with Gasteiger partial charge in [0.15, 0.2) is 0 Å². The SMILES string of the molecule is COC(=O)[C@H](CCSC)NC(=O)N1CCN(S(=O)(=O)c2ccc(OC)cc2)CC1. The number of piperazine rings is 1. The molecule has 1 atom stereocenters. The Morgan fingerprint density at radius 3 is 2.28 bits per heavy atom. The summed E-state index contributed by atoms with van der Waals surface area (Å²) in [6.07, 6.45) is 2.38. The summed E-state index contributed by atoms with van der Waals surface area (Å²) >= 11 is 1.57. The van der Waals surface area contributed by atoms with Crippen molar-refractivity contribution in [2.45, 2.75) is 17.4 Å².